The van der Waals surface area contributed by atoms with Crippen molar-refractivity contribution in [2.24, 2.45) is 0 Å². The van der Waals surface area contributed by atoms with Crippen molar-refractivity contribution in [3.05, 3.63) is 81.5 Å². The fourth-order valence-electron chi connectivity index (χ4n) is 3.63. The van der Waals surface area contributed by atoms with E-state index in [-0.39, 0.29) is 43.2 Å². The van der Waals surface area contributed by atoms with Gasteiger partial charge in [0.15, 0.2) is 11.6 Å². The summed E-state index contributed by atoms with van der Waals surface area (Å²) in [6.45, 7) is 1.63. The highest BCUT2D eigenvalue weighted by Gasteiger charge is 2.38. The molecule has 0 aromatic heterocycles. The van der Waals surface area contributed by atoms with E-state index in [9.17, 15) is 18.4 Å². The van der Waals surface area contributed by atoms with Crippen molar-refractivity contribution in [1.29, 1.82) is 0 Å². The molecule has 1 aliphatic heterocycles. The fraction of sp³-hybridized carbons (Fsp3) is 0.304. The summed E-state index contributed by atoms with van der Waals surface area (Å²) in [7, 11) is 1.49. The van der Waals surface area contributed by atoms with Crippen LogP contribution in [0.4, 0.5) is 8.78 Å². The lowest BCUT2D eigenvalue weighted by Gasteiger charge is -2.35. The third-order valence-electron chi connectivity index (χ3n) is 5.20. The second kappa shape index (κ2) is 10.0. The van der Waals surface area contributed by atoms with E-state index < -0.39 is 23.5 Å². The number of ether oxygens (including phenoxy) is 2. The Morgan fingerprint density at radius 3 is 2.61 bits per heavy atom. The van der Waals surface area contributed by atoms with Crippen molar-refractivity contribution < 1.29 is 27.8 Å². The highest BCUT2D eigenvalue weighted by Crippen LogP contribution is 2.40. The summed E-state index contributed by atoms with van der Waals surface area (Å²) in [5.74, 6) is -3.60. The van der Waals surface area contributed by atoms with Gasteiger partial charge < -0.3 is 14.4 Å². The van der Waals surface area contributed by atoms with Crippen LogP contribution >= 0.6 is 11.6 Å². The first-order chi connectivity index (χ1) is 14.8. The van der Waals surface area contributed by atoms with Crippen molar-refractivity contribution in [2.75, 3.05) is 20.3 Å². The van der Waals surface area contributed by atoms with Crippen LogP contribution in [-0.4, -0.2) is 37.1 Å². The summed E-state index contributed by atoms with van der Waals surface area (Å²) in [5, 5.41) is 0.417. The van der Waals surface area contributed by atoms with E-state index in [1.807, 2.05) is 0 Å². The summed E-state index contributed by atoms with van der Waals surface area (Å²) < 4.78 is 38.1. The predicted octanol–water partition coefficient (Wildman–Crippen LogP) is 4.60. The Kier molecular flexibility index (Phi) is 7.41. The molecule has 3 rings (SSSR count). The van der Waals surface area contributed by atoms with E-state index in [4.69, 9.17) is 21.1 Å². The molecule has 8 heteroatoms. The van der Waals surface area contributed by atoms with Crippen LogP contribution in [0.15, 0.2) is 53.7 Å². The number of benzene rings is 2. The quantitative estimate of drug-likeness (QED) is 0.458. The van der Waals surface area contributed by atoms with Crippen LogP contribution in [-0.2, 0) is 25.6 Å². The number of esters is 1. The molecule has 1 heterocycles. The van der Waals surface area contributed by atoms with Gasteiger partial charge in [0.2, 0.25) is 5.91 Å². The molecule has 0 spiro atoms. The van der Waals surface area contributed by atoms with Gasteiger partial charge in [0, 0.05) is 35.7 Å². The van der Waals surface area contributed by atoms with E-state index in [2.05, 4.69) is 0 Å². The third-order valence-corrected chi connectivity index (χ3v) is 5.55. The molecule has 1 atom stereocenters. The van der Waals surface area contributed by atoms with Gasteiger partial charge in [-0.25, -0.2) is 13.6 Å². The van der Waals surface area contributed by atoms with Gasteiger partial charge in [-0.15, -0.1) is 0 Å². The van der Waals surface area contributed by atoms with E-state index in [0.717, 1.165) is 6.07 Å². The molecule has 0 radical (unpaired) electrons. The number of carbonyl (C=O) groups excluding carboxylic acids is 2. The Balaban J connectivity index is 2.03. The van der Waals surface area contributed by atoms with Crippen molar-refractivity contribution in [2.45, 2.75) is 25.8 Å². The zero-order valence-corrected chi connectivity index (χ0v) is 17.9. The van der Waals surface area contributed by atoms with Crippen molar-refractivity contribution in [3.8, 4) is 0 Å². The fourth-order valence-corrected chi connectivity index (χ4v) is 3.90. The van der Waals surface area contributed by atoms with Crippen LogP contribution < -0.4 is 0 Å². The molecule has 5 nitrogen and oxygen atoms in total. The molecule has 31 heavy (non-hydrogen) atoms. The van der Waals surface area contributed by atoms with Gasteiger partial charge >= 0.3 is 5.97 Å². The van der Waals surface area contributed by atoms with Crippen LogP contribution in [0.3, 0.4) is 0 Å². The maximum atomic E-state index is 14.2. The minimum absolute atomic E-state index is 0.0102. The monoisotopic (exact) mass is 449 g/mol. The van der Waals surface area contributed by atoms with Crippen molar-refractivity contribution >= 4 is 23.5 Å². The lowest BCUT2D eigenvalue weighted by molar-refractivity contribution is -0.141. The van der Waals surface area contributed by atoms with Gasteiger partial charge in [0.1, 0.15) is 6.61 Å². The Labute approximate surface area is 184 Å². The SMILES string of the molecule is COCCOC(=O)C1=C(C)N(Cc2cccc(F)c2F)C(=O)CC1c1ccccc1Cl. The van der Waals surface area contributed by atoms with E-state index in [1.54, 1.807) is 31.2 Å². The molecule has 1 unspecified atom stereocenters. The predicted molar refractivity (Wildman–Crippen MR) is 111 cm³/mol. The molecule has 0 saturated heterocycles. The number of allylic oxidation sites excluding steroid dienone is 1. The summed E-state index contributed by atoms with van der Waals surface area (Å²) in [6.07, 6.45) is -0.0628. The molecule has 0 saturated carbocycles. The molecule has 1 amide bonds. The standard InChI is InChI=1S/C23H22ClF2NO4/c1-14-21(23(29)31-11-10-30-2)17(16-7-3-4-8-18(16)24)12-20(28)27(14)13-15-6-5-9-19(25)22(15)26/h3-9,17H,10-13H2,1-2H3. The van der Waals surface area contributed by atoms with Crippen LogP contribution in [0.25, 0.3) is 0 Å². The van der Waals surface area contributed by atoms with Crippen LogP contribution in [0.5, 0.6) is 0 Å². The largest absolute Gasteiger partial charge is 0.460 e. The van der Waals surface area contributed by atoms with Gasteiger partial charge in [0.25, 0.3) is 0 Å². The van der Waals surface area contributed by atoms with Crippen LogP contribution in [0.1, 0.15) is 30.4 Å². The normalized spacial score (nSPS) is 16.6. The maximum absolute atomic E-state index is 14.2. The number of hydrogen-bond donors (Lipinski definition) is 0. The summed E-state index contributed by atoms with van der Waals surface area (Å²) in [5.41, 5.74) is 1.19. The molecule has 0 aliphatic carbocycles. The summed E-state index contributed by atoms with van der Waals surface area (Å²) in [6, 6.07) is 10.7. The van der Waals surface area contributed by atoms with Crippen molar-refractivity contribution in [1.82, 2.24) is 4.90 Å². The van der Waals surface area contributed by atoms with Gasteiger partial charge in [0.05, 0.1) is 18.7 Å². The molecule has 0 N–H and O–H groups in total. The first-order valence-corrected chi connectivity index (χ1v) is 10.1. The molecule has 2 aromatic carbocycles. The van der Waals surface area contributed by atoms with Crippen molar-refractivity contribution in [3.63, 3.8) is 0 Å². The van der Waals surface area contributed by atoms with E-state index >= 15 is 0 Å². The number of amides is 1. The smallest absolute Gasteiger partial charge is 0.336 e. The van der Waals surface area contributed by atoms with E-state index in [1.165, 1.54) is 24.1 Å². The molecule has 164 valence electrons. The highest BCUT2D eigenvalue weighted by molar-refractivity contribution is 6.31. The number of hydrogen-bond acceptors (Lipinski definition) is 4. The third kappa shape index (κ3) is 4.94. The molecular weight excluding hydrogens is 428 g/mol. The number of rotatable bonds is 7. The van der Waals surface area contributed by atoms with Crippen LogP contribution in [0, 0.1) is 11.6 Å². The average molecular weight is 450 g/mol. The highest BCUT2D eigenvalue weighted by atomic mass is 35.5. The van der Waals surface area contributed by atoms with Gasteiger partial charge in [-0.3, -0.25) is 4.79 Å². The zero-order chi connectivity index (χ0) is 22.5. The summed E-state index contributed by atoms with van der Waals surface area (Å²) >= 11 is 6.34. The topological polar surface area (TPSA) is 55.8 Å². The van der Waals surface area contributed by atoms with Crippen LogP contribution in [0.2, 0.25) is 5.02 Å². The van der Waals surface area contributed by atoms with Gasteiger partial charge in [-0.05, 0) is 24.6 Å². The minimum atomic E-state index is -1.03. The minimum Gasteiger partial charge on any atom is -0.460 e. The summed E-state index contributed by atoms with van der Waals surface area (Å²) in [4.78, 5) is 27.2. The second-order valence-corrected chi connectivity index (χ2v) is 7.51. The van der Waals surface area contributed by atoms with Gasteiger partial charge in [-0.2, -0.15) is 0 Å². The lowest BCUT2D eigenvalue weighted by atomic mass is 9.83. The molecule has 0 fully saturated rings. The van der Waals surface area contributed by atoms with E-state index in [0.29, 0.717) is 16.3 Å². The maximum Gasteiger partial charge on any atom is 0.336 e. The Morgan fingerprint density at radius 2 is 1.90 bits per heavy atom. The zero-order valence-electron chi connectivity index (χ0n) is 17.2. The molecule has 1 aliphatic rings. The Morgan fingerprint density at radius 1 is 1.16 bits per heavy atom. The lowest BCUT2D eigenvalue weighted by Crippen LogP contribution is -2.38. The van der Waals surface area contributed by atoms with Gasteiger partial charge in [-0.1, -0.05) is 41.9 Å². The average Bonchev–Trinajstić information content (AvgIpc) is 2.74. The number of methoxy groups -OCH3 is 1. The Bertz CT molecular complexity index is 1020. The number of carbonyl (C=O) groups is 2. The number of halogens is 3. The first kappa shape index (κ1) is 22.9. The first-order valence-electron chi connectivity index (χ1n) is 9.69. The molecule has 2 aromatic rings. The number of nitrogens with zero attached hydrogens (tertiary/aromatic N) is 1. The molecule has 0 bridgehead atoms. The second-order valence-electron chi connectivity index (χ2n) is 7.10. The Hall–Kier alpha value is -2.77. The molecular formula is C23H22ClF2NO4.